The van der Waals surface area contributed by atoms with Crippen LogP contribution >= 0.6 is 11.6 Å². The maximum atomic E-state index is 11.0. The highest BCUT2D eigenvalue weighted by molar-refractivity contribution is 6.30. The highest BCUT2D eigenvalue weighted by atomic mass is 35.5. The summed E-state index contributed by atoms with van der Waals surface area (Å²) in [4.78, 5) is 23.6. The van der Waals surface area contributed by atoms with Crippen molar-refractivity contribution in [2.75, 3.05) is 25.0 Å². The fourth-order valence-electron chi connectivity index (χ4n) is 1.94. The van der Waals surface area contributed by atoms with Crippen LogP contribution in [0.5, 0.6) is 0 Å². The fourth-order valence-corrected chi connectivity index (χ4v) is 2.13. The molecule has 1 aliphatic rings. The average Bonchev–Trinajstić information content (AvgIpc) is 2.46. The Hall–Kier alpha value is -1.99. The number of nitrogens with one attached hydrogen (secondary N) is 2. The number of morpholine rings is 1. The van der Waals surface area contributed by atoms with Gasteiger partial charge in [-0.3, -0.25) is 9.78 Å². The minimum absolute atomic E-state index is 0.0792. The summed E-state index contributed by atoms with van der Waals surface area (Å²) in [6, 6.07) is 1.66. The van der Waals surface area contributed by atoms with Crippen molar-refractivity contribution in [3.05, 3.63) is 23.6 Å². The molecule has 1 atom stereocenters. The van der Waals surface area contributed by atoms with Crippen molar-refractivity contribution < 1.29 is 9.53 Å². The first-order valence-electron chi connectivity index (χ1n) is 6.12. The van der Waals surface area contributed by atoms with Crippen LogP contribution in [0.15, 0.2) is 18.5 Å². The molecule has 0 aromatic carbocycles. The minimum atomic E-state index is -0.111. The number of amides is 1. The molecule has 8 heteroatoms. The molecule has 0 bridgehead atoms. The molecule has 1 aliphatic heterocycles. The highest BCUT2D eigenvalue weighted by Crippen LogP contribution is 2.21. The van der Waals surface area contributed by atoms with E-state index in [9.17, 15) is 4.79 Å². The molecule has 2 aromatic rings. The summed E-state index contributed by atoms with van der Waals surface area (Å²) in [6.07, 6.45) is 3.09. The molecular weight excluding hydrogens is 282 g/mol. The van der Waals surface area contributed by atoms with Gasteiger partial charge < -0.3 is 15.4 Å². The van der Waals surface area contributed by atoms with Gasteiger partial charge in [-0.25, -0.2) is 9.97 Å². The van der Waals surface area contributed by atoms with Crippen LogP contribution in [0.3, 0.4) is 0 Å². The summed E-state index contributed by atoms with van der Waals surface area (Å²) in [5.41, 5.74) is 1.32. The first-order valence-corrected chi connectivity index (χ1v) is 6.49. The molecule has 7 nitrogen and oxygen atoms in total. The zero-order valence-corrected chi connectivity index (χ0v) is 11.2. The predicted octanol–water partition coefficient (Wildman–Crippen LogP) is 0.605. The molecule has 1 saturated heterocycles. The number of carbonyl (C=O) groups is 1. The predicted molar refractivity (Wildman–Crippen MR) is 73.6 cm³/mol. The number of halogens is 1. The second-order valence-electron chi connectivity index (χ2n) is 4.34. The minimum Gasteiger partial charge on any atom is -0.365 e. The molecule has 20 heavy (non-hydrogen) atoms. The maximum absolute atomic E-state index is 11.0. The van der Waals surface area contributed by atoms with E-state index in [4.69, 9.17) is 16.3 Å². The van der Waals surface area contributed by atoms with Gasteiger partial charge in [0.1, 0.15) is 17.3 Å². The van der Waals surface area contributed by atoms with Crippen molar-refractivity contribution in [1.29, 1.82) is 0 Å². The standard InChI is InChI=1S/C12H12ClN5O2/c13-9-3-8-11(15-2-1-14-8)12(18-9)17-5-7-4-16-10(19)6-20-7/h1-3,7H,4-6H2,(H,16,19)(H,17,18)/t7-/m0/s1. The Bertz CT molecular complexity index is 641. The smallest absolute Gasteiger partial charge is 0.246 e. The van der Waals surface area contributed by atoms with Crippen LogP contribution in [-0.2, 0) is 9.53 Å². The van der Waals surface area contributed by atoms with Crippen LogP contribution in [0.25, 0.3) is 11.0 Å². The van der Waals surface area contributed by atoms with E-state index in [2.05, 4.69) is 25.6 Å². The van der Waals surface area contributed by atoms with Crippen LogP contribution in [0.2, 0.25) is 5.15 Å². The Morgan fingerprint density at radius 1 is 1.45 bits per heavy atom. The van der Waals surface area contributed by atoms with E-state index in [1.807, 2.05) is 0 Å². The molecule has 0 unspecified atom stereocenters. The number of aromatic nitrogens is 3. The molecule has 2 aromatic heterocycles. The van der Waals surface area contributed by atoms with Gasteiger partial charge in [0, 0.05) is 31.5 Å². The van der Waals surface area contributed by atoms with Gasteiger partial charge in [0.25, 0.3) is 0 Å². The lowest BCUT2D eigenvalue weighted by Crippen LogP contribution is -2.45. The summed E-state index contributed by atoms with van der Waals surface area (Å²) in [6.45, 7) is 1.05. The van der Waals surface area contributed by atoms with Crippen LogP contribution in [0.4, 0.5) is 5.82 Å². The van der Waals surface area contributed by atoms with E-state index in [1.54, 1.807) is 18.5 Å². The number of hydrogen-bond acceptors (Lipinski definition) is 6. The third-order valence-corrected chi connectivity index (χ3v) is 3.09. The van der Waals surface area contributed by atoms with Crippen molar-refractivity contribution >= 4 is 34.4 Å². The molecule has 0 spiro atoms. The summed E-state index contributed by atoms with van der Waals surface area (Å²) < 4.78 is 5.38. The van der Waals surface area contributed by atoms with E-state index in [-0.39, 0.29) is 18.6 Å². The molecule has 0 saturated carbocycles. The largest absolute Gasteiger partial charge is 0.365 e. The summed E-state index contributed by atoms with van der Waals surface area (Å²) in [5.74, 6) is 0.458. The number of anilines is 1. The van der Waals surface area contributed by atoms with Gasteiger partial charge in [0.2, 0.25) is 5.91 Å². The third-order valence-electron chi connectivity index (χ3n) is 2.90. The maximum Gasteiger partial charge on any atom is 0.246 e. The van der Waals surface area contributed by atoms with Gasteiger partial charge in [-0.15, -0.1) is 0 Å². The third kappa shape index (κ3) is 2.78. The van der Waals surface area contributed by atoms with E-state index in [0.717, 1.165) is 0 Å². The number of ether oxygens (including phenoxy) is 1. The van der Waals surface area contributed by atoms with E-state index < -0.39 is 0 Å². The van der Waals surface area contributed by atoms with E-state index in [1.165, 1.54) is 0 Å². The van der Waals surface area contributed by atoms with Crippen molar-refractivity contribution in [2.24, 2.45) is 0 Å². The lowest BCUT2D eigenvalue weighted by Gasteiger charge is -2.23. The lowest BCUT2D eigenvalue weighted by atomic mass is 10.3. The Kier molecular flexibility index (Phi) is 3.62. The molecule has 2 N–H and O–H groups in total. The number of pyridine rings is 1. The summed E-state index contributed by atoms with van der Waals surface area (Å²) in [7, 11) is 0. The van der Waals surface area contributed by atoms with E-state index in [0.29, 0.717) is 35.1 Å². The Balaban J connectivity index is 1.75. The second kappa shape index (κ2) is 5.56. The highest BCUT2D eigenvalue weighted by Gasteiger charge is 2.18. The van der Waals surface area contributed by atoms with Crippen molar-refractivity contribution in [2.45, 2.75) is 6.10 Å². The first-order chi connectivity index (χ1) is 9.72. The van der Waals surface area contributed by atoms with E-state index >= 15 is 0 Å². The number of carbonyl (C=O) groups excluding carboxylic acids is 1. The van der Waals surface area contributed by atoms with Gasteiger partial charge in [-0.1, -0.05) is 11.6 Å². The fraction of sp³-hybridized carbons (Fsp3) is 0.333. The molecule has 3 heterocycles. The zero-order chi connectivity index (χ0) is 13.9. The van der Waals surface area contributed by atoms with Crippen molar-refractivity contribution in [1.82, 2.24) is 20.3 Å². The molecule has 1 amide bonds. The molecule has 0 radical (unpaired) electrons. The quantitative estimate of drug-likeness (QED) is 0.806. The molecule has 1 fully saturated rings. The molecule has 3 rings (SSSR count). The number of hydrogen-bond donors (Lipinski definition) is 2. The Morgan fingerprint density at radius 3 is 3.10 bits per heavy atom. The van der Waals surface area contributed by atoms with Gasteiger partial charge in [-0.2, -0.15) is 0 Å². The van der Waals surface area contributed by atoms with Crippen LogP contribution in [0, 0.1) is 0 Å². The Morgan fingerprint density at radius 2 is 2.30 bits per heavy atom. The van der Waals surface area contributed by atoms with Gasteiger partial charge >= 0.3 is 0 Å². The van der Waals surface area contributed by atoms with Gasteiger partial charge in [-0.05, 0) is 0 Å². The van der Waals surface area contributed by atoms with Crippen LogP contribution < -0.4 is 10.6 Å². The number of rotatable bonds is 3. The molecule has 0 aliphatic carbocycles. The Labute approximate surface area is 119 Å². The van der Waals surface area contributed by atoms with Gasteiger partial charge in [0.05, 0.1) is 11.6 Å². The zero-order valence-electron chi connectivity index (χ0n) is 10.5. The van der Waals surface area contributed by atoms with Gasteiger partial charge in [0.15, 0.2) is 5.82 Å². The molecular formula is C12H12ClN5O2. The van der Waals surface area contributed by atoms with Crippen LogP contribution in [-0.4, -0.2) is 46.7 Å². The van der Waals surface area contributed by atoms with Crippen LogP contribution in [0.1, 0.15) is 0 Å². The summed E-state index contributed by atoms with van der Waals surface area (Å²) >= 11 is 5.96. The molecule has 104 valence electrons. The first kappa shape index (κ1) is 13.0. The SMILES string of the molecule is O=C1CO[C@H](CNc2nc(Cl)cc3nccnc23)CN1. The van der Waals surface area contributed by atoms with Crippen molar-refractivity contribution in [3.8, 4) is 0 Å². The lowest BCUT2D eigenvalue weighted by molar-refractivity contribution is -0.132. The second-order valence-corrected chi connectivity index (χ2v) is 4.72. The normalized spacial score (nSPS) is 18.9. The monoisotopic (exact) mass is 293 g/mol. The number of fused-ring (bicyclic) bond motifs is 1. The average molecular weight is 294 g/mol. The summed E-state index contributed by atoms with van der Waals surface area (Å²) in [5, 5.41) is 6.22. The van der Waals surface area contributed by atoms with Crippen molar-refractivity contribution in [3.63, 3.8) is 0 Å². The topological polar surface area (TPSA) is 89.0 Å². The number of nitrogens with zero attached hydrogens (tertiary/aromatic N) is 3.